The first-order chi connectivity index (χ1) is 8.62. The van der Waals surface area contributed by atoms with Gasteiger partial charge < -0.3 is 14.6 Å². The predicted octanol–water partition coefficient (Wildman–Crippen LogP) is 3.77. The highest BCUT2D eigenvalue weighted by atomic mass is 79.9. The second-order valence-corrected chi connectivity index (χ2v) is 5.33. The molecule has 0 spiro atoms. The zero-order valence-electron chi connectivity index (χ0n) is 11.2. The van der Waals surface area contributed by atoms with Gasteiger partial charge in [0.1, 0.15) is 0 Å². The normalized spacial score (nSPS) is 12.3. The molecule has 0 fully saturated rings. The summed E-state index contributed by atoms with van der Waals surface area (Å²) in [5, 5.41) is 9.14. The zero-order chi connectivity index (χ0) is 13.5. The number of aliphatic hydroxyl groups is 1. The average molecular weight is 317 g/mol. The number of ether oxygens (including phenoxy) is 2. The third-order valence-electron chi connectivity index (χ3n) is 2.77. The zero-order valence-corrected chi connectivity index (χ0v) is 12.8. The fourth-order valence-corrected chi connectivity index (χ4v) is 2.41. The Balaban J connectivity index is 2.81. The molecule has 0 aliphatic rings. The molecular weight excluding hydrogens is 296 g/mol. The van der Waals surface area contributed by atoms with Gasteiger partial charge in [-0.3, -0.25) is 0 Å². The summed E-state index contributed by atoms with van der Waals surface area (Å²) in [5.41, 5.74) is 0.799. The molecule has 0 saturated heterocycles. The number of benzene rings is 1. The van der Waals surface area contributed by atoms with Crippen LogP contribution in [-0.4, -0.2) is 18.8 Å². The molecule has 102 valence electrons. The molecular formula is C14H21BrO3. The van der Waals surface area contributed by atoms with E-state index in [1.54, 1.807) is 13.2 Å². The summed E-state index contributed by atoms with van der Waals surface area (Å²) in [6, 6.07) is 3.65. The highest BCUT2D eigenvalue weighted by Gasteiger charge is 2.12. The van der Waals surface area contributed by atoms with Crippen molar-refractivity contribution in [2.75, 3.05) is 13.7 Å². The van der Waals surface area contributed by atoms with E-state index in [1.807, 2.05) is 6.07 Å². The van der Waals surface area contributed by atoms with E-state index >= 15 is 0 Å². The van der Waals surface area contributed by atoms with Gasteiger partial charge >= 0.3 is 0 Å². The lowest BCUT2D eigenvalue weighted by molar-refractivity contribution is 0.238. The molecule has 0 amide bonds. The minimum Gasteiger partial charge on any atom is -0.493 e. The highest BCUT2D eigenvalue weighted by Crippen LogP contribution is 2.37. The largest absolute Gasteiger partial charge is 0.493 e. The Morgan fingerprint density at radius 2 is 2.11 bits per heavy atom. The van der Waals surface area contributed by atoms with Gasteiger partial charge in [-0.05, 0) is 46.0 Å². The molecule has 0 bridgehead atoms. The quantitative estimate of drug-likeness (QED) is 0.832. The van der Waals surface area contributed by atoms with Crippen LogP contribution in [0.3, 0.4) is 0 Å². The van der Waals surface area contributed by atoms with Gasteiger partial charge in [-0.2, -0.15) is 0 Å². The molecule has 0 radical (unpaired) electrons. The van der Waals surface area contributed by atoms with Crippen molar-refractivity contribution in [3.8, 4) is 11.5 Å². The van der Waals surface area contributed by atoms with E-state index in [1.165, 1.54) is 0 Å². The van der Waals surface area contributed by atoms with E-state index in [4.69, 9.17) is 14.6 Å². The third-order valence-corrected chi connectivity index (χ3v) is 3.35. The van der Waals surface area contributed by atoms with Crippen molar-refractivity contribution >= 4 is 15.9 Å². The van der Waals surface area contributed by atoms with Gasteiger partial charge in [-0.15, -0.1) is 0 Å². The van der Waals surface area contributed by atoms with Crippen molar-refractivity contribution in [3.63, 3.8) is 0 Å². The fraction of sp³-hybridized carbons (Fsp3) is 0.571. The van der Waals surface area contributed by atoms with E-state index < -0.39 is 0 Å². The van der Waals surface area contributed by atoms with Gasteiger partial charge in [-0.1, -0.05) is 20.3 Å². The molecule has 18 heavy (non-hydrogen) atoms. The lowest BCUT2D eigenvalue weighted by atomic mass is 10.1. The van der Waals surface area contributed by atoms with Gasteiger partial charge in [0.25, 0.3) is 0 Å². The molecule has 1 unspecified atom stereocenters. The van der Waals surface area contributed by atoms with Crippen LogP contribution in [0.25, 0.3) is 0 Å². The Kier molecular flexibility index (Phi) is 6.50. The number of halogens is 1. The van der Waals surface area contributed by atoms with E-state index in [9.17, 15) is 0 Å². The topological polar surface area (TPSA) is 38.7 Å². The van der Waals surface area contributed by atoms with E-state index in [-0.39, 0.29) is 6.61 Å². The van der Waals surface area contributed by atoms with Crippen LogP contribution in [-0.2, 0) is 6.61 Å². The monoisotopic (exact) mass is 316 g/mol. The molecule has 0 aliphatic heterocycles. The van der Waals surface area contributed by atoms with Crippen molar-refractivity contribution < 1.29 is 14.6 Å². The summed E-state index contributed by atoms with van der Waals surface area (Å²) in [4.78, 5) is 0. The maximum atomic E-state index is 9.14. The SMILES string of the molecule is CCCC(C)COc1c(Br)cc(CO)cc1OC. The lowest BCUT2D eigenvalue weighted by Gasteiger charge is -2.16. The number of methoxy groups -OCH3 is 1. The molecule has 0 saturated carbocycles. The molecule has 1 N–H and O–H groups in total. The average Bonchev–Trinajstić information content (AvgIpc) is 2.36. The molecule has 4 heteroatoms. The Bertz CT molecular complexity index is 380. The maximum Gasteiger partial charge on any atom is 0.175 e. The van der Waals surface area contributed by atoms with Crippen LogP contribution < -0.4 is 9.47 Å². The van der Waals surface area contributed by atoms with E-state index in [2.05, 4.69) is 29.8 Å². The second kappa shape index (κ2) is 7.64. The van der Waals surface area contributed by atoms with Crippen LogP contribution in [0.5, 0.6) is 11.5 Å². The third kappa shape index (κ3) is 4.18. The summed E-state index contributed by atoms with van der Waals surface area (Å²) in [7, 11) is 1.60. The summed E-state index contributed by atoms with van der Waals surface area (Å²) in [6.07, 6.45) is 2.31. The molecule has 1 aromatic rings. The summed E-state index contributed by atoms with van der Waals surface area (Å²) < 4.78 is 11.9. The molecule has 0 heterocycles. The molecule has 1 atom stereocenters. The van der Waals surface area contributed by atoms with Crippen LogP contribution >= 0.6 is 15.9 Å². The first-order valence-corrected chi connectivity index (χ1v) is 7.01. The molecule has 0 aromatic heterocycles. The lowest BCUT2D eigenvalue weighted by Crippen LogP contribution is -2.09. The fourth-order valence-electron chi connectivity index (χ4n) is 1.81. The number of hydrogen-bond donors (Lipinski definition) is 1. The van der Waals surface area contributed by atoms with Gasteiger partial charge in [0.15, 0.2) is 11.5 Å². The Hall–Kier alpha value is -0.740. The molecule has 1 rings (SSSR count). The Morgan fingerprint density at radius 3 is 2.67 bits per heavy atom. The second-order valence-electron chi connectivity index (χ2n) is 4.47. The predicted molar refractivity (Wildman–Crippen MR) is 76.2 cm³/mol. The number of hydrogen-bond acceptors (Lipinski definition) is 3. The summed E-state index contributed by atoms with van der Waals surface area (Å²) >= 11 is 3.45. The van der Waals surface area contributed by atoms with Crippen LogP contribution in [0.2, 0.25) is 0 Å². The smallest absolute Gasteiger partial charge is 0.175 e. The first-order valence-electron chi connectivity index (χ1n) is 6.22. The maximum absolute atomic E-state index is 9.14. The minimum atomic E-state index is -0.0124. The van der Waals surface area contributed by atoms with Gasteiger partial charge in [-0.25, -0.2) is 0 Å². The van der Waals surface area contributed by atoms with Crippen LogP contribution in [0.15, 0.2) is 16.6 Å². The van der Waals surface area contributed by atoms with E-state index in [0.717, 1.165) is 22.9 Å². The van der Waals surface area contributed by atoms with Crippen LogP contribution in [0.4, 0.5) is 0 Å². The van der Waals surface area contributed by atoms with Crippen molar-refractivity contribution in [2.24, 2.45) is 5.92 Å². The van der Waals surface area contributed by atoms with Crippen molar-refractivity contribution in [1.82, 2.24) is 0 Å². The van der Waals surface area contributed by atoms with E-state index in [0.29, 0.717) is 24.0 Å². The summed E-state index contributed by atoms with van der Waals surface area (Å²) in [6.45, 7) is 5.00. The Labute approximate surface area is 117 Å². The van der Waals surface area contributed by atoms with Crippen molar-refractivity contribution in [2.45, 2.75) is 33.3 Å². The molecule has 0 aliphatic carbocycles. The number of aliphatic hydroxyl groups excluding tert-OH is 1. The summed E-state index contributed by atoms with van der Waals surface area (Å²) in [5.74, 6) is 1.87. The van der Waals surface area contributed by atoms with Crippen LogP contribution in [0.1, 0.15) is 32.3 Å². The van der Waals surface area contributed by atoms with Gasteiger partial charge in [0.2, 0.25) is 0 Å². The number of rotatable bonds is 7. The van der Waals surface area contributed by atoms with Crippen LogP contribution in [0, 0.1) is 5.92 Å². The van der Waals surface area contributed by atoms with Crippen molar-refractivity contribution in [3.05, 3.63) is 22.2 Å². The highest BCUT2D eigenvalue weighted by molar-refractivity contribution is 9.10. The molecule has 1 aromatic carbocycles. The van der Waals surface area contributed by atoms with Gasteiger partial charge in [0.05, 0.1) is 24.8 Å². The first kappa shape index (κ1) is 15.3. The minimum absolute atomic E-state index is 0.0124. The molecule has 3 nitrogen and oxygen atoms in total. The Morgan fingerprint density at radius 1 is 1.39 bits per heavy atom. The van der Waals surface area contributed by atoms with Crippen molar-refractivity contribution in [1.29, 1.82) is 0 Å². The van der Waals surface area contributed by atoms with Gasteiger partial charge in [0, 0.05) is 0 Å². The standard InChI is InChI=1S/C14H21BrO3/c1-4-5-10(2)9-18-14-12(15)6-11(8-16)7-13(14)17-3/h6-7,10,16H,4-5,8-9H2,1-3H3.